The predicted molar refractivity (Wildman–Crippen MR) is 69.7 cm³/mol. The number of rotatable bonds is 8. The average Bonchev–Trinajstić information content (AvgIpc) is 2.38. The minimum atomic E-state index is -0.578. The highest BCUT2D eigenvalue weighted by molar-refractivity contribution is 5.98. The molecule has 0 aliphatic rings. The zero-order valence-corrected chi connectivity index (χ0v) is 11.0. The molecule has 19 heavy (non-hydrogen) atoms. The zero-order chi connectivity index (χ0) is 14.3. The Kier molecular flexibility index (Phi) is 5.95. The fourth-order valence-electron chi connectivity index (χ4n) is 1.51. The van der Waals surface area contributed by atoms with Crippen molar-refractivity contribution in [2.75, 3.05) is 19.8 Å². The van der Waals surface area contributed by atoms with Gasteiger partial charge in [0.2, 0.25) is 0 Å². The number of carbonyl (C=O) groups is 1. The molecule has 0 spiro atoms. The normalized spacial score (nSPS) is 10.2. The highest BCUT2D eigenvalue weighted by atomic mass is 16.6. The van der Waals surface area contributed by atoms with Crippen molar-refractivity contribution in [1.82, 2.24) is 0 Å². The second-order valence-electron chi connectivity index (χ2n) is 3.95. The van der Waals surface area contributed by atoms with Crippen LogP contribution in [0.15, 0.2) is 18.2 Å². The first kappa shape index (κ1) is 15.1. The second-order valence-corrected chi connectivity index (χ2v) is 3.95. The van der Waals surface area contributed by atoms with Crippen LogP contribution in [0, 0.1) is 10.1 Å². The van der Waals surface area contributed by atoms with Gasteiger partial charge in [-0.2, -0.15) is 0 Å². The number of nitro benzene ring substituents is 1. The molecule has 0 aliphatic heterocycles. The van der Waals surface area contributed by atoms with Crippen LogP contribution < -0.4 is 4.74 Å². The number of hydrogen-bond donors (Lipinski definition) is 0. The first-order valence-electron chi connectivity index (χ1n) is 6.06. The number of ketones is 1. The monoisotopic (exact) mass is 267 g/mol. The SMILES string of the molecule is CCCOCCOc1ccc([N+](=O)[O-])c(C(C)=O)c1. The molecule has 0 N–H and O–H groups in total. The van der Waals surface area contributed by atoms with Crippen LogP contribution in [0.2, 0.25) is 0 Å². The van der Waals surface area contributed by atoms with E-state index in [9.17, 15) is 14.9 Å². The molecule has 0 aromatic heterocycles. The number of carbonyl (C=O) groups excluding carboxylic acids is 1. The molecule has 1 aromatic carbocycles. The van der Waals surface area contributed by atoms with E-state index in [-0.39, 0.29) is 17.0 Å². The van der Waals surface area contributed by atoms with Gasteiger partial charge in [-0.05, 0) is 25.5 Å². The van der Waals surface area contributed by atoms with E-state index in [0.29, 0.717) is 25.6 Å². The van der Waals surface area contributed by atoms with Crippen molar-refractivity contribution in [3.8, 4) is 5.75 Å². The first-order valence-corrected chi connectivity index (χ1v) is 6.06. The summed E-state index contributed by atoms with van der Waals surface area (Å²) in [5, 5.41) is 10.8. The van der Waals surface area contributed by atoms with Crippen molar-refractivity contribution < 1.29 is 19.2 Å². The smallest absolute Gasteiger partial charge is 0.280 e. The van der Waals surface area contributed by atoms with Crippen LogP contribution in [0.3, 0.4) is 0 Å². The van der Waals surface area contributed by atoms with Gasteiger partial charge in [-0.15, -0.1) is 0 Å². The van der Waals surface area contributed by atoms with Crippen LogP contribution in [0.5, 0.6) is 5.75 Å². The van der Waals surface area contributed by atoms with E-state index in [1.54, 1.807) is 0 Å². The van der Waals surface area contributed by atoms with Crippen LogP contribution in [-0.4, -0.2) is 30.5 Å². The largest absolute Gasteiger partial charge is 0.491 e. The van der Waals surface area contributed by atoms with Gasteiger partial charge in [-0.3, -0.25) is 14.9 Å². The molecule has 6 heteroatoms. The Bertz CT molecular complexity index is 458. The van der Waals surface area contributed by atoms with Crippen molar-refractivity contribution in [3.05, 3.63) is 33.9 Å². The van der Waals surface area contributed by atoms with Gasteiger partial charge in [0.25, 0.3) is 5.69 Å². The minimum absolute atomic E-state index is 0.0528. The van der Waals surface area contributed by atoms with E-state index in [4.69, 9.17) is 9.47 Å². The summed E-state index contributed by atoms with van der Waals surface area (Å²) in [5.74, 6) is 0.0651. The quantitative estimate of drug-likeness (QED) is 0.313. The fraction of sp³-hybridized carbons (Fsp3) is 0.462. The van der Waals surface area contributed by atoms with Crippen LogP contribution in [-0.2, 0) is 4.74 Å². The first-order chi connectivity index (χ1) is 9.06. The molecule has 0 fully saturated rings. The van der Waals surface area contributed by atoms with E-state index in [0.717, 1.165) is 6.42 Å². The summed E-state index contributed by atoms with van der Waals surface area (Å²) in [6.45, 7) is 4.75. The molecular weight excluding hydrogens is 250 g/mol. The lowest BCUT2D eigenvalue weighted by molar-refractivity contribution is -0.385. The van der Waals surface area contributed by atoms with Crippen molar-refractivity contribution in [1.29, 1.82) is 0 Å². The van der Waals surface area contributed by atoms with Crippen molar-refractivity contribution in [2.45, 2.75) is 20.3 Å². The lowest BCUT2D eigenvalue weighted by Crippen LogP contribution is -2.08. The maximum Gasteiger partial charge on any atom is 0.280 e. The summed E-state index contributed by atoms with van der Waals surface area (Å²) in [4.78, 5) is 21.5. The topological polar surface area (TPSA) is 78.7 Å². The summed E-state index contributed by atoms with van der Waals surface area (Å²) in [5.41, 5.74) is -0.154. The van der Waals surface area contributed by atoms with Gasteiger partial charge in [-0.1, -0.05) is 6.92 Å². The number of nitro groups is 1. The summed E-state index contributed by atoms with van der Waals surface area (Å²) in [6.07, 6.45) is 0.937. The Labute approximate surface area is 111 Å². The Morgan fingerprint density at radius 3 is 2.63 bits per heavy atom. The molecule has 0 bridgehead atoms. The van der Waals surface area contributed by atoms with Crippen molar-refractivity contribution in [2.24, 2.45) is 0 Å². The Morgan fingerprint density at radius 1 is 1.32 bits per heavy atom. The lowest BCUT2D eigenvalue weighted by Gasteiger charge is -2.07. The standard InChI is InChI=1S/C13H17NO5/c1-3-6-18-7-8-19-11-4-5-13(14(16)17)12(9-11)10(2)15/h4-5,9H,3,6-8H2,1-2H3. The average molecular weight is 267 g/mol. The van der Waals surface area contributed by atoms with Crippen molar-refractivity contribution >= 4 is 11.5 Å². The van der Waals surface area contributed by atoms with Crippen LogP contribution in [0.25, 0.3) is 0 Å². The number of Topliss-reactive ketones (excluding diaryl/α,β-unsaturated/α-hetero) is 1. The van der Waals surface area contributed by atoms with E-state index >= 15 is 0 Å². The van der Waals surface area contributed by atoms with E-state index in [2.05, 4.69) is 0 Å². The number of hydrogen-bond acceptors (Lipinski definition) is 5. The summed E-state index contributed by atoms with van der Waals surface area (Å²) < 4.78 is 10.6. The molecule has 0 atom stereocenters. The van der Waals surface area contributed by atoms with Crippen LogP contribution in [0.4, 0.5) is 5.69 Å². The molecular formula is C13H17NO5. The second kappa shape index (κ2) is 7.48. The van der Waals surface area contributed by atoms with Crippen LogP contribution in [0.1, 0.15) is 30.6 Å². The highest BCUT2D eigenvalue weighted by Gasteiger charge is 2.17. The number of nitrogens with zero attached hydrogens (tertiary/aromatic N) is 1. The van der Waals surface area contributed by atoms with Gasteiger partial charge >= 0.3 is 0 Å². The molecule has 6 nitrogen and oxygen atoms in total. The van der Waals surface area contributed by atoms with Gasteiger partial charge in [0.15, 0.2) is 5.78 Å². The Morgan fingerprint density at radius 2 is 2.05 bits per heavy atom. The van der Waals surface area contributed by atoms with Gasteiger partial charge in [0, 0.05) is 12.7 Å². The lowest BCUT2D eigenvalue weighted by atomic mass is 10.1. The maximum atomic E-state index is 11.4. The third-order valence-corrected chi connectivity index (χ3v) is 2.39. The molecule has 1 aromatic rings. The van der Waals surface area contributed by atoms with Crippen molar-refractivity contribution in [3.63, 3.8) is 0 Å². The van der Waals surface area contributed by atoms with Crippen LogP contribution >= 0.6 is 0 Å². The van der Waals surface area contributed by atoms with E-state index in [1.165, 1.54) is 25.1 Å². The van der Waals surface area contributed by atoms with Gasteiger partial charge in [0.05, 0.1) is 17.1 Å². The molecule has 0 saturated heterocycles. The Balaban J connectivity index is 2.68. The van der Waals surface area contributed by atoms with Gasteiger partial charge in [0.1, 0.15) is 12.4 Å². The van der Waals surface area contributed by atoms with E-state index in [1.807, 2.05) is 6.92 Å². The van der Waals surface area contributed by atoms with Gasteiger partial charge < -0.3 is 9.47 Å². The summed E-state index contributed by atoms with van der Waals surface area (Å²) in [7, 11) is 0. The molecule has 0 heterocycles. The molecule has 1 rings (SSSR count). The third-order valence-electron chi connectivity index (χ3n) is 2.39. The Hall–Kier alpha value is -1.95. The minimum Gasteiger partial charge on any atom is -0.491 e. The number of benzene rings is 1. The summed E-state index contributed by atoms with van der Waals surface area (Å²) >= 11 is 0. The summed E-state index contributed by atoms with van der Waals surface area (Å²) in [6, 6.07) is 4.14. The van der Waals surface area contributed by atoms with Gasteiger partial charge in [-0.25, -0.2) is 0 Å². The highest BCUT2D eigenvalue weighted by Crippen LogP contribution is 2.24. The van der Waals surface area contributed by atoms with E-state index < -0.39 is 4.92 Å². The molecule has 104 valence electrons. The molecule has 0 aliphatic carbocycles. The third kappa shape index (κ3) is 4.67. The maximum absolute atomic E-state index is 11.4. The molecule has 0 saturated carbocycles. The molecule has 0 unspecified atom stereocenters. The molecule has 0 amide bonds. The fourth-order valence-corrected chi connectivity index (χ4v) is 1.51. The predicted octanol–water partition coefficient (Wildman–Crippen LogP) is 2.60. The zero-order valence-electron chi connectivity index (χ0n) is 11.0. The molecule has 0 radical (unpaired) electrons. The number of ether oxygens (including phenoxy) is 2.